The van der Waals surface area contributed by atoms with E-state index in [4.69, 9.17) is 0 Å². The first kappa shape index (κ1) is 18.5. The van der Waals surface area contributed by atoms with Crippen molar-refractivity contribution in [2.75, 3.05) is 13.1 Å². The number of benzene rings is 1. The van der Waals surface area contributed by atoms with Crippen LogP contribution in [0.2, 0.25) is 0 Å². The van der Waals surface area contributed by atoms with E-state index >= 15 is 0 Å². The minimum atomic E-state index is -4.30. The van der Waals surface area contributed by atoms with Gasteiger partial charge >= 0.3 is 6.18 Å². The normalized spacial score (nSPS) is 18.2. The Morgan fingerprint density at radius 2 is 1.92 bits per heavy atom. The molecule has 1 saturated heterocycles. The molecule has 0 aliphatic carbocycles. The molecule has 1 fully saturated rings. The summed E-state index contributed by atoms with van der Waals surface area (Å²) in [6.45, 7) is 7.09. The predicted octanol–water partition coefficient (Wildman–Crippen LogP) is 3.92. The van der Waals surface area contributed by atoms with Gasteiger partial charge in [0, 0.05) is 25.2 Å². The maximum absolute atomic E-state index is 12.7. The summed E-state index contributed by atoms with van der Waals surface area (Å²) in [5, 5.41) is 2.90. The van der Waals surface area contributed by atoms with Gasteiger partial charge in [-0.05, 0) is 43.0 Å². The van der Waals surface area contributed by atoms with Crippen LogP contribution in [-0.4, -0.2) is 29.9 Å². The monoisotopic (exact) mass is 340 g/mol. The van der Waals surface area contributed by atoms with E-state index in [1.165, 1.54) is 6.08 Å². The van der Waals surface area contributed by atoms with Crippen LogP contribution in [0.1, 0.15) is 43.4 Å². The molecule has 1 N–H and O–H groups in total. The van der Waals surface area contributed by atoms with Gasteiger partial charge in [-0.15, -0.1) is 0 Å². The van der Waals surface area contributed by atoms with Crippen molar-refractivity contribution in [3.8, 4) is 0 Å². The van der Waals surface area contributed by atoms with Gasteiger partial charge < -0.3 is 5.32 Å². The molecule has 0 radical (unpaired) electrons. The number of hydrogen-bond donors (Lipinski definition) is 1. The number of alkyl halides is 3. The minimum absolute atomic E-state index is 0.100. The van der Waals surface area contributed by atoms with Crippen molar-refractivity contribution < 1.29 is 18.0 Å². The van der Waals surface area contributed by atoms with Crippen LogP contribution in [0, 0.1) is 0 Å². The first-order valence-electron chi connectivity index (χ1n) is 8.19. The summed E-state index contributed by atoms with van der Waals surface area (Å²) in [4.78, 5) is 13.6. The topological polar surface area (TPSA) is 32.3 Å². The fourth-order valence-electron chi connectivity index (χ4n) is 3.21. The molecule has 6 heteroatoms. The van der Waals surface area contributed by atoms with Gasteiger partial charge in [0.25, 0.3) is 0 Å². The van der Waals surface area contributed by atoms with E-state index in [0.717, 1.165) is 50.0 Å². The third-order valence-electron chi connectivity index (χ3n) is 4.51. The molecule has 0 spiro atoms. The van der Waals surface area contributed by atoms with E-state index in [9.17, 15) is 18.0 Å². The molecule has 1 aliphatic rings. The highest BCUT2D eigenvalue weighted by Crippen LogP contribution is 2.32. The van der Waals surface area contributed by atoms with Gasteiger partial charge in [-0.3, -0.25) is 9.69 Å². The van der Waals surface area contributed by atoms with Crippen LogP contribution in [0.3, 0.4) is 0 Å². The molecule has 0 saturated carbocycles. The third-order valence-corrected chi connectivity index (χ3v) is 4.51. The molecule has 1 aromatic carbocycles. The van der Waals surface area contributed by atoms with Gasteiger partial charge in [0.15, 0.2) is 0 Å². The molecule has 2 rings (SSSR count). The number of rotatable bonds is 5. The molecule has 1 heterocycles. The summed E-state index contributed by atoms with van der Waals surface area (Å²) in [6, 6.07) is 5.68. The van der Waals surface area contributed by atoms with Crippen LogP contribution in [0.5, 0.6) is 0 Å². The molecule has 1 amide bonds. The number of nitrogens with zero attached hydrogens (tertiary/aromatic N) is 1. The summed E-state index contributed by atoms with van der Waals surface area (Å²) in [5.74, 6) is -0.164. The lowest BCUT2D eigenvalue weighted by Crippen LogP contribution is -2.45. The molecule has 24 heavy (non-hydrogen) atoms. The molecule has 132 valence electrons. The number of carbonyl (C=O) groups is 1. The standard InChI is InChI=1S/C18H23F3N2O/c1-3-16(13-5-7-14(8-6-13)18(19,20)21)23-11-9-15(10-12-23)22-17(24)4-2/h4-8,15-16H,2-3,9-12H2,1H3,(H,22,24)/t16-/m1/s1. The third kappa shape index (κ3) is 4.60. The summed E-state index contributed by atoms with van der Waals surface area (Å²) >= 11 is 0. The molecule has 1 atom stereocenters. The van der Waals surface area contributed by atoms with Crippen LogP contribution in [0.15, 0.2) is 36.9 Å². The first-order chi connectivity index (χ1) is 11.3. The smallest absolute Gasteiger partial charge is 0.350 e. The van der Waals surface area contributed by atoms with Crippen molar-refractivity contribution in [3.63, 3.8) is 0 Å². The molecule has 3 nitrogen and oxygen atoms in total. The SMILES string of the molecule is C=CC(=O)NC1CCN([C@H](CC)c2ccc(C(F)(F)F)cc2)CC1. The Labute approximate surface area is 140 Å². The van der Waals surface area contributed by atoms with E-state index < -0.39 is 11.7 Å². The van der Waals surface area contributed by atoms with Gasteiger partial charge in [-0.2, -0.15) is 13.2 Å². The maximum Gasteiger partial charge on any atom is 0.416 e. The van der Waals surface area contributed by atoms with Gasteiger partial charge in [-0.25, -0.2) is 0 Å². The number of nitrogens with one attached hydrogen (secondary N) is 1. The molecule has 0 bridgehead atoms. The van der Waals surface area contributed by atoms with Crippen LogP contribution < -0.4 is 5.32 Å². The Morgan fingerprint density at radius 1 is 1.33 bits per heavy atom. The van der Waals surface area contributed by atoms with E-state index in [-0.39, 0.29) is 18.0 Å². The molecule has 0 aromatic heterocycles. The fraction of sp³-hybridized carbons (Fsp3) is 0.500. The van der Waals surface area contributed by atoms with Crippen LogP contribution in [0.4, 0.5) is 13.2 Å². The van der Waals surface area contributed by atoms with Gasteiger partial charge in [0.05, 0.1) is 5.56 Å². The lowest BCUT2D eigenvalue weighted by Gasteiger charge is -2.37. The van der Waals surface area contributed by atoms with Gasteiger partial charge in [0.1, 0.15) is 0 Å². The molecule has 0 unspecified atom stereocenters. The number of carbonyl (C=O) groups excluding carboxylic acids is 1. The second-order valence-corrected chi connectivity index (χ2v) is 6.07. The fourth-order valence-corrected chi connectivity index (χ4v) is 3.21. The van der Waals surface area contributed by atoms with Crippen molar-refractivity contribution in [1.29, 1.82) is 0 Å². The lowest BCUT2D eigenvalue weighted by molar-refractivity contribution is -0.137. The van der Waals surface area contributed by atoms with Crippen molar-refractivity contribution in [1.82, 2.24) is 10.2 Å². The number of amides is 1. The average molecular weight is 340 g/mol. The Morgan fingerprint density at radius 3 is 2.38 bits per heavy atom. The Bertz CT molecular complexity index is 561. The second-order valence-electron chi connectivity index (χ2n) is 6.07. The van der Waals surface area contributed by atoms with Gasteiger partial charge in [-0.1, -0.05) is 25.6 Å². The highest BCUT2D eigenvalue weighted by Gasteiger charge is 2.31. The first-order valence-corrected chi connectivity index (χ1v) is 8.19. The average Bonchev–Trinajstić information content (AvgIpc) is 2.56. The van der Waals surface area contributed by atoms with Crippen LogP contribution >= 0.6 is 0 Å². The number of likely N-dealkylation sites (tertiary alicyclic amines) is 1. The predicted molar refractivity (Wildman–Crippen MR) is 87.4 cm³/mol. The van der Waals surface area contributed by atoms with Crippen LogP contribution in [0.25, 0.3) is 0 Å². The Kier molecular flexibility index (Phi) is 6.04. The molecular weight excluding hydrogens is 317 g/mol. The van der Waals surface area contributed by atoms with Crippen LogP contribution in [-0.2, 0) is 11.0 Å². The van der Waals surface area contributed by atoms with E-state index in [0.29, 0.717) is 0 Å². The zero-order valence-corrected chi connectivity index (χ0v) is 13.8. The van der Waals surface area contributed by atoms with E-state index in [1.54, 1.807) is 12.1 Å². The van der Waals surface area contributed by atoms with Crippen molar-refractivity contribution in [3.05, 3.63) is 48.0 Å². The second kappa shape index (κ2) is 7.83. The van der Waals surface area contributed by atoms with E-state index in [2.05, 4.69) is 16.8 Å². The van der Waals surface area contributed by atoms with E-state index in [1.807, 2.05) is 6.92 Å². The highest BCUT2D eigenvalue weighted by atomic mass is 19.4. The zero-order valence-electron chi connectivity index (χ0n) is 13.8. The molecular formula is C18H23F3N2O. The number of hydrogen-bond acceptors (Lipinski definition) is 2. The summed E-state index contributed by atoms with van der Waals surface area (Å²) in [6.07, 6.45) is -0.548. The largest absolute Gasteiger partial charge is 0.416 e. The zero-order chi connectivity index (χ0) is 17.7. The summed E-state index contributed by atoms with van der Waals surface area (Å²) < 4.78 is 38.0. The van der Waals surface area contributed by atoms with Crippen molar-refractivity contribution >= 4 is 5.91 Å². The van der Waals surface area contributed by atoms with Crippen molar-refractivity contribution in [2.45, 2.75) is 44.4 Å². The van der Waals surface area contributed by atoms with Crippen molar-refractivity contribution in [2.24, 2.45) is 0 Å². The summed E-state index contributed by atoms with van der Waals surface area (Å²) in [5.41, 5.74) is 0.283. The maximum atomic E-state index is 12.7. The Balaban J connectivity index is 2.00. The lowest BCUT2D eigenvalue weighted by atomic mass is 9.97. The number of piperidine rings is 1. The quantitative estimate of drug-likeness (QED) is 0.824. The summed E-state index contributed by atoms with van der Waals surface area (Å²) in [7, 11) is 0. The van der Waals surface area contributed by atoms with Gasteiger partial charge in [0.2, 0.25) is 5.91 Å². The number of halogens is 3. The minimum Gasteiger partial charge on any atom is -0.350 e. The highest BCUT2D eigenvalue weighted by molar-refractivity contribution is 5.87. The molecule has 1 aliphatic heterocycles. The molecule has 1 aromatic rings. The Hall–Kier alpha value is -1.82.